The summed E-state index contributed by atoms with van der Waals surface area (Å²) in [5.41, 5.74) is 2.30. The van der Waals surface area contributed by atoms with E-state index in [-0.39, 0.29) is 6.04 Å². The summed E-state index contributed by atoms with van der Waals surface area (Å²) in [6.07, 6.45) is 0. The van der Waals surface area contributed by atoms with Gasteiger partial charge in [-0.2, -0.15) is 0 Å². The van der Waals surface area contributed by atoms with E-state index in [9.17, 15) is 0 Å². The first-order valence-corrected chi connectivity index (χ1v) is 8.95. The second kappa shape index (κ2) is 10.4. The summed E-state index contributed by atoms with van der Waals surface area (Å²) < 4.78 is 10.6. The molecule has 0 aliphatic heterocycles. The lowest BCUT2D eigenvalue weighted by Crippen LogP contribution is -2.41. The van der Waals surface area contributed by atoms with E-state index in [4.69, 9.17) is 9.47 Å². The summed E-state index contributed by atoms with van der Waals surface area (Å²) >= 11 is 0. The van der Waals surface area contributed by atoms with Crippen LogP contribution in [0.4, 0.5) is 0 Å². The average Bonchev–Trinajstić information content (AvgIpc) is 2.70. The van der Waals surface area contributed by atoms with Crippen LogP contribution in [0, 0.1) is 0 Å². The topological polar surface area (TPSA) is 58.1 Å². The van der Waals surface area contributed by atoms with Gasteiger partial charge >= 0.3 is 0 Å². The number of para-hydroxylation sites is 1. The van der Waals surface area contributed by atoms with Gasteiger partial charge in [-0.15, -0.1) is 0 Å². The molecule has 0 aliphatic rings. The van der Waals surface area contributed by atoms with E-state index in [1.165, 1.54) is 5.56 Å². The van der Waals surface area contributed by atoms with Gasteiger partial charge in [-0.1, -0.05) is 30.3 Å². The molecule has 0 radical (unpaired) electrons. The number of hydrogen-bond acceptors (Lipinski definition) is 4. The Bertz CT molecular complexity index is 729. The van der Waals surface area contributed by atoms with E-state index in [0.29, 0.717) is 6.54 Å². The molecule has 0 saturated carbocycles. The average molecular weight is 370 g/mol. The molecule has 0 bridgehead atoms. The Labute approximate surface area is 162 Å². The maximum Gasteiger partial charge on any atom is 0.191 e. The van der Waals surface area contributed by atoms with Crippen LogP contribution in [0.25, 0.3) is 0 Å². The van der Waals surface area contributed by atoms with E-state index in [2.05, 4.69) is 46.8 Å². The van der Waals surface area contributed by atoms with Crippen molar-refractivity contribution >= 4 is 5.96 Å². The summed E-state index contributed by atoms with van der Waals surface area (Å²) in [4.78, 5) is 6.51. The molecule has 146 valence electrons. The van der Waals surface area contributed by atoms with Crippen molar-refractivity contribution < 1.29 is 9.47 Å². The number of guanidine groups is 1. The molecule has 0 heterocycles. The van der Waals surface area contributed by atoms with Gasteiger partial charge in [0.2, 0.25) is 0 Å². The lowest BCUT2D eigenvalue weighted by molar-refractivity contribution is 0.298. The Hall–Kier alpha value is -2.73. The van der Waals surface area contributed by atoms with E-state index in [1.807, 2.05) is 36.4 Å². The minimum atomic E-state index is 0.209. The molecule has 2 rings (SSSR count). The minimum Gasteiger partial charge on any atom is -0.497 e. The largest absolute Gasteiger partial charge is 0.497 e. The zero-order chi connectivity index (χ0) is 19.6. The number of ether oxygens (including phenoxy) is 2. The molecule has 2 N–H and O–H groups in total. The number of hydrogen-bond donors (Lipinski definition) is 2. The summed E-state index contributed by atoms with van der Waals surface area (Å²) in [5.74, 6) is 2.48. The number of benzene rings is 2. The molecule has 2 aromatic rings. The number of rotatable bonds is 8. The Morgan fingerprint density at radius 3 is 2.30 bits per heavy atom. The number of likely N-dealkylation sites (N-methyl/N-ethyl adjacent to an activating group) is 1. The second-order valence-electron chi connectivity index (χ2n) is 6.37. The van der Waals surface area contributed by atoms with Crippen LogP contribution < -0.4 is 20.1 Å². The van der Waals surface area contributed by atoms with Gasteiger partial charge in [0.1, 0.15) is 11.5 Å². The zero-order valence-electron chi connectivity index (χ0n) is 16.8. The molecule has 2 aromatic carbocycles. The predicted octanol–water partition coefficient (Wildman–Crippen LogP) is 2.67. The number of nitrogens with one attached hydrogen (secondary N) is 2. The third kappa shape index (κ3) is 5.89. The Balaban J connectivity index is 1.97. The van der Waals surface area contributed by atoms with Crippen molar-refractivity contribution in [1.82, 2.24) is 15.5 Å². The van der Waals surface area contributed by atoms with Crippen molar-refractivity contribution in [2.24, 2.45) is 4.99 Å². The molecule has 6 heteroatoms. The van der Waals surface area contributed by atoms with Gasteiger partial charge in [0, 0.05) is 25.7 Å². The maximum atomic E-state index is 5.40. The third-order valence-corrected chi connectivity index (χ3v) is 4.45. The van der Waals surface area contributed by atoms with Crippen LogP contribution in [-0.4, -0.2) is 52.8 Å². The molecule has 0 aliphatic carbocycles. The lowest BCUT2D eigenvalue weighted by atomic mass is 10.1. The second-order valence-corrected chi connectivity index (χ2v) is 6.37. The normalized spacial score (nSPS) is 12.6. The number of nitrogens with zero attached hydrogens (tertiary/aromatic N) is 2. The standard InChI is InChI=1S/C21H30N4O2/c1-22-21(23-14-17-8-6-7-9-20(17)27-5)24-15-19(25(2)3)16-10-12-18(26-4)13-11-16/h6-13,19H,14-15H2,1-5H3,(H2,22,23,24). The van der Waals surface area contributed by atoms with Gasteiger partial charge in [-0.3, -0.25) is 4.99 Å². The fraction of sp³-hybridized carbons (Fsp3) is 0.381. The SMILES string of the molecule is CN=C(NCc1ccccc1OC)NCC(c1ccc(OC)cc1)N(C)C. The molecule has 0 aromatic heterocycles. The van der Waals surface area contributed by atoms with Crippen LogP contribution in [-0.2, 0) is 6.54 Å². The first-order valence-electron chi connectivity index (χ1n) is 8.95. The highest BCUT2D eigenvalue weighted by molar-refractivity contribution is 5.79. The quantitative estimate of drug-likeness (QED) is 0.553. The highest BCUT2D eigenvalue weighted by Crippen LogP contribution is 2.21. The monoisotopic (exact) mass is 370 g/mol. The number of aliphatic imine (C=N–C) groups is 1. The summed E-state index contributed by atoms with van der Waals surface area (Å²) in [5, 5.41) is 6.76. The van der Waals surface area contributed by atoms with Crippen LogP contribution in [0.15, 0.2) is 53.5 Å². The molecule has 1 unspecified atom stereocenters. The van der Waals surface area contributed by atoms with Crippen molar-refractivity contribution in [1.29, 1.82) is 0 Å². The molecular weight excluding hydrogens is 340 g/mol. The molecule has 6 nitrogen and oxygen atoms in total. The Kier molecular flexibility index (Phi) is 7.95. The van der Waals surface area contributed by atoms with Crippen LogP contribution in [0.1, 0.15) is 17.2 Å². The van der Waals surface area contributed by atoms with E-state index >= 15 is 0 Å². The fourth-order valence-electron chi connectivity index (χ4n) is 2.87. The molecule has 27 heavy (non-hydrogen) atoms. The summed E-state index contributed by atoms with van der Waals surface area (Å²) in [6, 6.07) is 16.3. The zero-order valence-corrected chi connectivity index (χ0v) is 16.8. The van der Waals surface area contributed by atoms with Gasteiger partial charge < -0.3 is 25.0 Å². The van der Waals surface area contributed by atoms with Gasteiger partial charge in [0.25, 0.3) is 0 Å². The van der Waals surface area contributed by atoms with Crippen molar-refractivity contribution in [3.8, 4) is 11.5 Å². The van der Waals surface area contributed by atoms with Crippen molar-refractivity contribution in [3.05, 3.63) is 59.7 Å². The van der Waals surface area contributed by atoms with Crippen molar-refractivity contribution in [3.63, 3.8) is 0 Å². The Morgan fingerprint density at radius 2 is 1.70 bits per heavy atom. The van der Waals surface area contributed by atoms with E-state index in [0.717, 1.165) is 29.6 Å². The maximum absolute atomic E-state index is 5.40. The van der Waals surface area contributed by atoms with Crippen molar-refractivity contribution in [2.75, 3.05) is 41.9 Å². The molecule has 0 spiro atoms. The van der Waals surface area contributed by atoms with E-state index in [1.54, 1.807) is 21.3 Å². The lowest BCUT2D eigenvalue weighted by Gasteiger charge is -2.26. The first kappa shape index (κ1) is 20.6. The van der Waals surface area contributed by atoms with E-state index < -0.39 is 0 Å². The van der Waals surface area contributed by atoms with Crippen LogP contribution in [0.2, 0.25) is 0 Å². The van der Waals surface area contributed by atoms with Crippen LogP contribution in [0.3, 0.4) is 0 Å². The fourth-order valence-corrected chi connectivity index (χ4v) is 2.87. The number of methoxy groups -OCH3 is 2. The smallest absolute Gasteiger partial charge is 0.191 e. The molecular formula is C21H30N4O2. The molecule has 0 saturated heterocycles. The van der Waals surface area contributed by atoms with Gasteiger partial charge in [-0.05, 0) is 37.9 Å². The minimum absolute atomic E-state index is 0.209. The molecule has 1 atom stereocenters. The van der Waals surface area contributed by atoms with Gasteiger partial charge in [0.15, 0.2) is 5.96 Å². The Morgan fingerprint density at radius 1 is 1.00 bits per heavy atom. The van der Waals surface area contributed by atoms with Crippen LogP contribution >= 0.6 is 0 Å². The van der Waals surface area contributed by atoms with Crippen LogP contribution in [0.5, 0.6) is 11.5 Å². The summed E-state index contributed by atoms with van der Waals surface area (Å²) in [7, 11) is 9.28. The summed E-state index contributed by atoms with van der Waals surface area (Å²) in [6.45, 7) is 1.36. The first-order chi connectivity index (χ1) is 13.1. The van der Waals surface area contributed by atoms with Crippen molar-refractivity contribution in [2.45, 2.75) is 12.6 Å². The third-order valence-electron chi connectivity index (χ3n) is 4.45. The highest BCUT2D eigenvalue weighted by atomic mass is 16.5. The van der Waals surface area contributed by atoms with Gasteiger partial charge in [0.05, 0.1) is 20.3 Å². The van der Waals surface area contributed by atoms with Gasteiger partial charge in [-0.25, -0.2) is 0 Å². The molecule has 0 fully saturated rings. The highest BCUT2D eigenvalue weighted by Gasteiger charge is 2.15. The predicted molar refractivity (Wildman–Crippen MR) is 111 cm³/mol. The molecule has 0 amide bonds.